The maximum absolute atomic E-state index is 12.0. The molecule has 1 heterocycles. The predicted octanol–water partition coefficient (Wildman–Crippen LogP) is 1.49. The summed E-state index contributed by atoms with van der Waals surface area (Å²) in [6.45, 7) is 9.78. The number of hydrogen-bond donors (Lipinski definition) is 1. The summed E-state index contributed by atoms with van der Waals surface area (Å²) in [5.74, 6) is -0.480. The van der Waals surface area contributed by atoms with Crippen LogP contribution >= 0.6 is 0 Å². The Morgan fingerprint density at radius 3 is 2.44 bits per heavy atom. The second-order valence-corrected chi connectivity index (χ2v) is 6.06. The fourth-order valence-electron chi connectivity index (χ4n) is 1.87. The van der Waals surface area contributed by atoms with Gasteiger partial charge in [0.25, 0.3) is 0 Å². The van der Waals surface area contributed by atoms with Gasteiger partial charge in [-0.25, -0.2) is 0 Å². The third-order valence-corrected chi connectivity index (χ3v) is 2.75. The van der Waals surface area contributed by atoms with Gasteiger partial charge in [-0.1, -0.05) is 13.8 Å². The fourth-order valence-corrected chi connectivity index (χ4v) is 1.87. The lowest BCUT2D eigenvalue weighted by atomic mass is 9.73. The van der Waals surface area contributed by atoms with Gasteiger partial charge in [0.15, 0.2) is 0 Å². The molecule has 1 fully saturated rings. The normalized spacial score (nSPS) is 24.8. The first-order valence-corrected chi connectivity index (χ1v) is 5.61. The maximum atomic E-state index is 12.0. The summed E-state index contributed by atoms with van der Waals surface area (Å²) < 4.78 is 5.36. The average Bonchev–Trinajstić information content (AvgIpc) is 1.97. The molecular formula is C12H21NO3. The van der Waals surface area contributed by atoms with Crippen LogP contribution in [0.4, 0.5) is 0 Å². The molecule has 1 aliphatic rings. The smallest absolute Gasteiger partial charge is 0.311 e. The zero-order valence-electron chi connectivity index (χ0n) is 10.7. The number of esters is 1. The third-order valence-electron chi connectivity index (χ3n) is 2.75. The van der Waals surface area contributed by atoms with E-state index >= 15 is 0 Å². The molecule has 0 bridgehead atoms. The predicted molar refractivity (Wildman–Crippen MR) is 60.7 cm³/mol. The van der Waals surface area contributed by atoms with E-state index in [0.717, 1.165) is 0 Å². The van der Waals surface area contributed by atoms with Crippen molar-refractivity contribution in [1.82, 2.24) is 5.32 Å². The van der Waals surface area contributed by atoms with Crippen LogP contribution in [0.5, 0.6) is 0 Å². The van der Waals surface area contributed by atoms with Gasteiger partial charge in [-0.2, -0.15) is 0 Å². The molecule has 1 amide bonds. The summed E-state index contributed by atoms with van der Waals surface area (Å²) in [6.07, 6.45) is 0.372. The van der Waals surface area contributed by atoms with Crippen LogP contribution in [-0.4, -0.2) is 24.0 Å². The second-order valence-electron chi connectivity index (χ2n) is 6.06. The van der Waals surface area contributed by atoms with Gasteiger partial charge in [0.2, 0.25) is 5.91 Å². The Morgan fingerprint density at radius 2 is 2.00 bits per heavy atom. The first kappa shape index (κ1) is 13.0. The Labute approximate surface area is 96.7 Å². The number of ether oxygens (including phenoxy) is 1. The lowest BCUT2D eigenvalue weighted by Gasteiger charge is -2.37. The Hall–Kier alpha value is -1.06. The second kappa shape index (κ2) is 4.07. The SMILES string of the molecule is CC(C)(C)OC(=O)C1CNC(=O)CC1(C)C. The van der Waals surface area contributed by atoms with Gasteiger partial charge in [-0.3, -0.25) is 9.59 Å². The summed E-state index contributed by atoms with van der Waals surface area (Å²) in [4.78, 5) is 23.2. The molecule has 0 radical (unpaired) electrons. The molecule has 1 unspecified atom stereocenters. The number of rotatable bonds is 1. The van der Waals surface area contributed by atoms with Crippen molar-refractivity contribution in [3.05, 3.63) is 0 Å². The van der Waals surface area contributed by atoms with Crippen molar-refractivity contribution < 1.29 is 14.3 Å². The molecule has 1 aliphatic heterocycles. The van der Waals surface area contributed by atoms with E-state index in [4.69, 9.17) is 4.74 Å². The summed E-state index contributed by atoms with van der Waals surface area (Å²) in [5.41, 5.74) is -0.806. The lowest BCUT2D eigenvalue weighted by Crippen LogP contribution is -2.50. The van der Waals surface area contributed by atoms with E-state index in [9.17, 15) is 9.59 Å². The highest BCUT2D eigenvalue weighted by Gasteiger charge is 2.42. The van der Waals surface area contributed by atoms with Gasteiger partial charge in [-0.15, -0.1) is 0 Å². The molecule has 0 spiro atoms. The highest BCUT2D eigenvalue weighted by atomic mass is 16.6. The molecule has 1 atom stereocenters. The summed E-state index contributed by atoms with van der Waals surface area (Å²) in [6, 6.07) is 0. The van der Waals surface area contributed by atoms with E-state index in [0.29, 0.717) is 13.0 Å². The van der Waals surface area contributed by atoms with E-state index < -0.39 is 5.60 Å². The van der Waals surface area contributed by atoms with Crippen LogP contribution in [0.1, 0.15) is 41.0 Å². The van der Waals surface area contributed by atoms with Crippen LogP contribution in [0.3, 0.4) is 0 Å². The van der Waals surface area contributed by atoms with Gasteiger partial charge >= 0.3 is 5.97 Å². The van der Waals surface area contributed by atoms with Gasteiger partial charge in [0.1, 0.15) is 5.60 Å². The van der Waals surface area contributed by atoms with Crippen LogP contribution < -0.4 is 5.32 Å². The van der Waals surface area contributed by atoms with Crippen molar-refractivity contribution >= 4 is 11.9 Å². The molecule has 16 heavy (non-hydrogen) atoms. The summed E-state index contributed by atoms with van der Waals surface area (Å²) in [5, 5.41) is 2.71. The van der Waals surface area contributed by atoms with Crippen LogP contribution in [0.25, 0.3) is 0 Å². The van der Waals surface area contributed by atoms with Crippen LogP contribution in [0.15, 0.2) is 0 Å². The highest BCUT2D eigenvalue weighted by molar-refractivity contribution is 5.82. The minimum absolute atomic E-state index is 0.00445. The zero-order chi connectivity index (χ0) is 12.6. The van der Waals surface area contributed by atoms with E-state index in [1.807, 2.05) is 34.6 Å². The van der Waals surface area contributed by atoms with Gasteiger partial charge in [0, 0.05) is 13.0 Å². The molecule has 1 saturated heterocycles. The summed E-state index contributed by atoms with van der Waals surface area (Å²) >= 11 is 0. The van der Waals surface area contributed by atoms with Crippen molar-refractivity contribution in [2.45, 2.75) is 46.6 Å². The van der Waals surface area contributed by atoms with Gasteiger partial charge in [0.05, 0.1) is 5.92 Å². The quantitative estimate of drug-likeness (QED) is 0.690. The number of carbonyl (C=O) groups excluding carboxylic acids is 2. The van der Waals surface area contributed by atoms with E-state index in [1.54, 1.807) is 0 Å². The highest BCUT2D eigenvalue weighted by Crippen LogP contribution is 2.34. The molecule has 1 N–H and O–H groups in total. The molecule has 0 aliphatic carbocycles. The van der Waals surface area contributed by atoms with E-state index in [2.05, 4.69) is 5.32 Å². The van der Waals surface area contributed by atoms with E-state index in [-0.39, 0.29) is 23.2 Å². The minimum Gasteiger partial charge on any atom is -0.460 e. The van der Waals surface area contributed by atoms with Crippen LogP contribution in [0.2, 0.25) is 0 Å². The number of nitrogens with one attached hydrogen (secondary N) is 1. The first-order valence-electron chi connectivity index (χ1n) is 5.61. The molecule has 4 nitrogen and oxygen atoms in total. The number of carbonyl (C=O) groups is 2. The molecule has 1 rings (SSSR count). The average molecular weight is 227 g/mol. The van der Waals surface area contributed by atoms with Crippen molar-refractivity contribution in [2.75, 3.05) is 6.54 Å². The molecule has 92 valence electrons. The first-order chi connectivity index (χ1) is 7.12. The molecule has 0 aromatic carbocycles. The number of hydrogen-bond acceptors (Lipinski definition) is 3. The van der Waals surface area contributed by atoms with Gasteiger partial charge < -0.3 is 10.1 Å². The standard InChI is InChI=1S/C12H21NO3/c1-11(2,3)16-10(15)8-7-13-9(14)6-12(8,4)5/h8H,6-7H2,1-5H3,(H,13,14). The van der Waals surface area contributed by atoms with Crippen molar-refractivity contribution in [3.8, 4) is 0 Å². The lowest BCUT2D eigenvalue weighted by molar-refractivity contribution is -0.166. The minimum atomic E-state index is -0.478. The molecule has 0 aromatic rings. The van der Waals surface area contributed by atoms with Crippen LogP contribution in [-0.2, 0) is 14.3 Å². The van der Waals surface area contributed by atoms with Crippen molar-refractivity contribution in [2.24, 2.45) is 11.3 Å². The Kier molecular flexibility index (Phi) is 3.31. The van der Waals surface area contributed by atoms with Crippen LogP contribution in [0, 0.1) is 11.3 Å². The van der Waals surface area contributed by atoms with Crippen molar-refractivity contribution in [3.63, 3.8) is 0 Å². The Bertz CT molecular complexity index is 302. The fraction of sp³-hybridized carbons (Fsp3) is 0.833. The Morgan fingerprint density at radius 1 is 1.44 bits per heavy atom. The summed E-state index contributed by atoms with van der Waals surface area (Å²) in [7, 11) is 0. The number of piperidine rings is 1. The molecule has 0 saturated carbocycles. The van der Waals surface area contributed by atoms with E-state index in [1.165, 1.54) is 0 Å². The molecule has 0 aromatic heterocycles. The Balaban J connectivity index is 2.73. The topological polar surface area (TPSA) is 55.4 Å². The van der Waals surface area contributed by atoms with Gasteiger partial charge in [-0.05, 0) is 26.2 Å². The number of amides is 1. The zero-order valence-corrected chi connectivity index (χ0v) is 10.7. The van der Waals surface area contributed by atoms with Crippen molar-refractivity contribution in [1.29, 1.82) is 0 Å². The largest absolute Gasteiger partial charge is 0.460 e. The molecular weight excluding hydrogens is 206 g/mol. The third kappa shape index (κ3) is 3.22. The molecule has 4 heteroatoms. The maximum Gasteiger partial charge on any atom is 0.311 e. The monoisotopic (exact) mass is 227 g/mol.